The summed E-state index contributed by atoms with van der Waals surface area (Å²) in [6, 6.07) is 8.49. The van der Waals surface area contributed by atoms with Crippen LogP contribution < -0.4 is 9.46 Å². The second-order valence-corrected chi connectivity index (χ2v) is 6.49. The fraction of sp³-hybridized carbons (Fsp3) is 0.133. The monoisotopic (exact) mass is 335 g/mol. The molecule has 0 saturated carbocycles. The Morgan fingerprint density at radius 2 is 2.09 bits per heavy atom. The van der Waals surface area contributed by atoms with Crippen LogP contribution in [0.25, 0.3) is 10.9 Å². The molecule has 0 radical (unpaired) electrons. The minimum Gasteiger partial charge on any atom is -0.491 e. The highest BCUT2D eigenvalue weighted by Crippen LogP contribution is 2.24. The maximum Gasteiger partial charge on any atom is 0.262 e. The van der Waals surface area contributed by atoms with Crippen molar-refractivity contribution in [2.24, 2.45) is 0 Å². The largest absolute Gasteiger partial charge is 0.491 e. The number of aromatic nitrogens is 2. The molecule has 0 aliphatic carbocycles. The highest BCUT2D eigenvalue weighted by atomic mass is 32.2. The molecule has 0 atom stereocenters. The van der Waals surface area contributed by atoms with Gasteiger partial charge in [-0.15, -0.1) is 0 Å². The van der Waals surface area contributed by atoms with Crippen molar-refractivity contribution in [1.29, 1.82) is 0 Å². The van der Waals surface area contributed by atoms with Crippen LogP contribution in [0.4, 0.5) is 10.1 Å². The second-order valence-electron chi connectivity index (χ2n) is 4.80. The van der Waals surface area contributed by atoms with Crippen LogP contribution >= 0.6 is 0 Å². The number of aromatic amines is 1. The average Bonchev–Trinajstić information content (AvgIpc) is 2.96. The van der Waals surface area contributed by atoms with Gasteiger partial charge < -0.3 is 4.74 Å². The lowest BCUT2D eigenvalue weighted by Crippen LogP contribution is -2.13. The maximum absolute atomic E-state index is 13.8. The first kappa shape index (κ1) is 15.3. The lowest BCUT2D eigenvalue weighted by molar-refractivity contribution is 0.321. The van der Waals surface area contributed by atoms with E-state index < -0.39 is 15.8 Å². The molecule has 3 aromatic rings. The summed E-state index contributed by atoms with van der Waals surface area (Å²) >= 11 is 0. The summed E-state index contributed by atoms with van der Waals surface area (Å²) in [4.78, 5) is -0.178. The van der Waals surface area contributed by atoms with Crippen molar-refractivity contribution < 1.29 is 17.5 Å². The number of hydrogen-bond acceptors (Lipinski definition) is 4. The molecule has 0 bridgehead atoms. The van der Waals surface area contributed by atoms with Gasteiger partial charge in [0, 0.05) is 5.39 Å². The molecule has 6 nitrogen and oxygen atoms in total. The fourth-order valence-corrected chi connectivity index (χ4v) is 3.20. The molecule has 1 aromatic heterocycles. The zero-order valence-corrected chi connectivity index (χ0v) is 13.0. The van der Waals surface area contributed by atoms with Crippen LogP contribution in [0.5, 0.6) is 5.75 Å². The van der Waals surface area contributed by atoms with E-state index in [-0.39, 0.29) is 10.6 Å². The van der Waals surface area contributed by atoms with Crippen LogP contribution in [-0.2, 0) is 10.0 Å². The van der Waals surface area contributed by atoms with Gasteiger partial charge in [-0.2, -0.15) is 5.10 Å². The Bertz CT molecular complexity index is 954. The zero-order chi connectivity index (χ0) is 16.4. The molecule has 0 amide bonds. The predicted octanol–water partition coefficient (Wildman–Crippen LogP) is 2.90. The molecule has 2 aromatic carbocycles. The van der Waals surface area contributed by atoms with Gasteiger partial charge in [0.2, 0.25) is 0 Å². The van der Waals surface area contributed by atoms with Crippen molar-refractivity contribution in [2.45, 2.75) is 11.8 Å². The Balaban J connectivity index is 1.90. The first-order chi connectivity index (χ1) is 11.0. The molecule has 0 fully saturated rings. The van der Waals surface area contributed by atoms with Crippen LogP contribution in [0, 0.1) is 5.82 Å². The number of halogens is 1. The van der Waals surface area contributed by atoms with Gasteiger partial charge in [-0.25, -0.2) is 12.8 Å². The van der Waals surface area contributed by atoms with Gasteiger partial charge >= 0.3 is 0 Å². The molecule has 2 N–H and O–H groups in total. The Kier molecular flexibility index (Phi) is 3.91. The molecule has 0 unspecified atom stereocenters. The maximum atomic E-state index is 13.8. The van der Waals surface area contributed by atoms with E-state index in [1.54, 1.807) is 31.3 Å². The van der Waals surface area contributed by atoms with Crippen LogP contribution in [0.1, 0.15) is 6.92 Å². The molecule has 0 spiro atoms. The van der Waals surface area contributed by atoms with E-state index in [0.29, 0.717) is 17.8 Å². The normalized spacial score (nSPS) is 11.6. The van der Waals surface area contributed by atoms with Gasteiger partial charge in [-0.05, 0) is 43.3 Å². The van der Waals surface area contributed by atoms with Crippen LogP contribution in [0.3, 0.4) is 0 Å². The summed E-state index contributed by atoms with van der Waals surface area (Å²) in [6.07, 6.45) is 1.63. The van der Waals surface area contributed by atoms with E-state index in [2.05, 4.69) is 14.9 Å². The molecule has 1 heterocycles. The average molecular weight is 335 g/mol. The molecule has 120 valence electrons. The number of hydrogen-bond donors (Lipinski definition) is 2. The molecule has 8 heteroatoms. The van der Waals surface area contributed by atoms with E-state index in [1.807, 2.05) is 0 Å². The van der Waals surface area contributed by atoms with Crippen molar-refractivity contribution in [1.82, 2.24) is 10.2 Å². The van der Waals surface area contributed by atoms with E-state index in [0.717, 1.165) is 11.5 Å². The molecule has 0 saturated heterocycles. The topological polar surface area (TPSA) is 84.1 Å². The number of ether oxygens (including phenoxy) is 1. The smallest absolute Gasteiger partial charge is 0.262 e. The predicted molar refractivity (Wildman–Crippen MR) is 84.5 cm³/mol. The Morgan fingerprint density at radius 3 is 2.83 bits per heavy atom. The quantitative estimate of drug-likeness (QED) is 0.751. The van der Waals surface area contributed by atoms with Gasteiger partial charge in [0.15, 0.2) is 11.6 Å². The molecule has 23 heavy (non-hydrogen) atoms. The number of rotatable bonds is 5. The number of sulfonamides is 1. The van der Waals surface area contributed by atoms with Crippen LogP contribution in [0.2, 0.25) is 0 Å². The van der Waals surface area contributed by atoms with Crippen LogP contribution in [0.15, 0.2) is 47.5 Å². The summed E-state index contributed by atoms with van der Waals surface area (Å²) in [5, 5.41) is 7.49. The van der Waals surface area contributed by atoms with Gasteiger partial charge in [0.25, 0.3) is 10.0 Å². The summed E-state index contributed by atoms with van der Waals surface area (Å²) in [5.74, 6) is -0.705. The molecule has 0 aliphatic rings. The van der Waals surface area contributed by atoms with Crippen molar-refractivity contribution in [3.8, 4) is 5.75 Å². The van der Waals surface area contributed by atoms with E-state index in [9.17, 15) is 12.8 Å². The standard InChI is InChI=1S/C15H14FN3O3S/c1-2-22-15-6-5-12(8-13(15)16)23(20,21)19-11-4-3-10-9-17-18-14(10)7-11/h3-9,19H,2H2,1H3,(H,17,18). The lowest BCUT2D eigenvalue weighted by Gasteiger charge is -2.10. The highest BCUT2D eigenvalue weighted by molar-refractivity contribution is 7.92. The van der Waals surface area contributed by atoms with Crippen molar-refractivity contribution in [3.05, 3.63) is 48.4 Å². The number of H-pyrrole nitrogens is 1. The molecular weight excluding hydrogens is 321 g/mol. The van der Waals surface area contributed by atoms with Crippen molar-refractivity contribution >= 4 is 26.6 Å². The van der Waals surface area contributed by atoms with Crippen molar-refractivity contribution in [3.63, 3.8) is 0 Å². The second kappa shape index (κ2) is 5.88. The summed E-state index contributed by atoms with van der Waals surface area (Å²) < 4.78 is 46.0. The first-order valence-corrected chi connectivity index (χ1v) is 8.36. The van der Waals surface area contributed by atoms with Crippen molar-refractivity contribution in [2.75, 3.05) is 11.3 Å². The van der Waals surface area contributed by atoms with Gasteiger partial charge in [-0.3, -0.25) is 9.82 Å². The van der Waals surface area contributed by atoms with E-state index >= 15 is 0 Å². The third-order valence-corrected chi connectivity index (χ3v) is 4.59. The van der Waals surface area contributed by atoms with E-state index in [1.165, 1.54) is 12.1 Å². The minimum absolute atomic E-state index is 0.0188. The summed E-state index contributed by atoms with van der Waals surface area (Å²) in [7, 11) is -3.90. The highest BCUT2D eigenvalue weighted by Gasteiger charge is 2.17. The molecular formula is C15H14FN3O3S. The molecule has 0 aliphatic heterocycles. The molecule has 3 rings (SSSR count). The summed E-state index contributed by atoms with van der Waals surface area (Å²) in [6.45, 7) is 2.02. The lowest BCUT2D eigenvalue weighted by atomic mass is 10.2. The fourth-order valence-electron chi connectivity index (χ4n) is 2.14. The number of fused-ring (bicyclic) bond motifs is 1. The van der Waals surface area contributed by atoms with Gasteiger partial charge in [0.05, 0.1) is 28.9 Å². The third kappa shape index (κ3) is 3.11. The first-order valence-electron chi connectivity index (χ1n) is 6.88. The van der Waals surface area contributed by atoms with Crippen LogP contribution in [-0.4, -0.2) is 25.2 Å². The number of nitrogens with one attached hydrogen (secondary N) is 2. The SMILES string of the molecule is CCOc1ccc(S(=O)(=O)Nc2ccc3cn[nH]c3c2)cc1F. The minimum atomic E-state index is -3.90. The number of anilines is 1. The van der Waals surface area contributed by atoms with E-state index in [4.69, 9.17) is 4.74 Å². The third-order valence-electron chi connectivity index (χ3n) is 3.21. The Labute approximate surface area is 132 Å². The zero-order valence-electron chi connectivity index (χ0n) is 12.2. The van der Waals surface area contributed by atoms with Gasteiger partial charge in [0.1, 0.15) is 0 Å². The Morgan fingerprint density at radius 1 is 1.26 bits per heavy atom. The van der Waals surface area contributed by atoms with Gasteiger partial charge in [-0.1, -0.05) is 0 Å². The Hall–Kier alpha value is -2.61. The number of benzene rings is 2. The summed E-state index contributed by atoms with van der Waals surface area (Å²) in [5.41, 5.74) is 1.05. The number of nitrogens with zero attached hydrogens (tertiary/aromatic N) is 1.